The summed E-state index contributed by atoms with van der Waals surface area (Å²) in [4.78, 5) is 23.4. The van der Waals surface area contributed by atoms with Gasteiger partial charge in [0.2, 0.25) is 0 Å². The molecular formula is C18H13NO3. The van der Waals surface area contributed by atoms with Crippen molar-refractivity contribution >= 4 is 28.3 Å². The monoisotopic (exact) mass is 291 g/mol. The van der Waals surface area contributed by atoms with E-state index < -0.39 is 5.97 Å². The molecule has 22 heavy (non-hydrogen) atoms. The van der Waals surface area contributed by atoms with Crippen LogP contribution in [0.2, 0.25) is 0 Å². The lowest BCUT2D eigenvalue weighted by Crippen LogP contribution is -2.12. The predicted molar refractivity (Wildman–Crippen MR) is 85.3 cm³/mol. The van der Waals surface area contributed by atoms with Gasteiger partial charge in [-0.25, -0.2) is 4.79 Å². The van der Waals surface area contributed by atoms with Gasteiger partial charge in [-0.15, -0.1) is 0 Å². The first-order valence-corrected chi connectivity index (χ1v) is 6.77. The van der Waals surface area contributed by atoms with Crippen molar-refractivity contribution in [2.24, 2.45) is 0 Å². The molecule has 0 saturated carbocycles. The van der Waals surface area contributed by atoms with Gasteiger partial charge in [0.1, 0.15) is 0 Å². The number of aromatic carboxylic acids is 1. The lowest BCUT2D eigenvalue weighted by Gasteiger charge is -2.08. The fourth-order valence-electron chi connectivity index (χ4n) is 2.33. The maximum Gasteiger partial charge on any atom is 0.335 e. The van der Waals surface area contributed by atoms with E-state index in [0.717, 1.165) is 10.8 Å². The Balaban J connectivity index is 2.00. The molecule has 0 radical (unpaired) electrons. The fourth-order valence-corrected chi connectivity index (χ4v) is 2.33. The van der Waals surface area contributed by atoms with E-state index in [1.807, 2.05) is 30.3 Å². The highest BCUT2D eigenvalue weighted by atomic mass is 16.4. The summed E-state index contributed by atoms with van der Waals surface area (Å²) >= 11 is 0. The summed E-state index contributed by atoms with van der Waals surface area (Å²) in [5.41, 5.74) is 1.43. The van der Waals surface area contributed by atoms with Crippen LogP contribution in [-0.2, 0) is 0 Å². The molecule has 0 unspecified atom stereocenters. The summed E-state index contributed by atoms with van der Waals surface area (Å²) in [5.74, 6) is -1.21. The van der Waals surface area contributed by atoms with Crippen molar-refractivity contribution < 1.29 is 14.7 Å². The zero-order valence-corrected chi connectivity index (χ0v) is 11.6. The van der Waals surface area contributed by atoms with E-state index in [1.165, 1.54) is 6.07 Å². The molecule has 0 saturated heterocycles. The van der Waals surface area contributed by atoms with Crippen LogP contribution >= 0.6 is 0 Å². The molecule has 1 amide bonds. The minimum Gasteiger partial charge on any atom is -0.478 e. The summed E-state index contributed by atoms with van der Waals surface area (Å²) in [5, 5.41) is 13.3. The van der Waals surface area contributed by atoms with Crippen LogP contribution < -0.4 is 5.32 Å². The first kappa shape index (κ1) is 13.8. The van der Waals surface area contributed by atoms with Crippen molar-refractivity contribution in [1.29, 1.82) is 0 Å². The standard InChI is InChI=1S/C18H13NO3/c20-17(19-14-6-2-1-3-7-14)16-8-4-5-12-11-13(18(21)22)9-10-15(12)16/h1-11H,(H,19,20)(H,21,22). The Hall–Kier alpha value is -3.14. The molecule has 3 aromatic carbocycles. The summed E-state index contributed by atoms with van der Waals surface area (Å²) in [6.07, 6.45) is 0. The molecule has 0 bridgehead atoms. The second kappa shape index (κ2) is 5.69. The first-order chi connectivity index (χ1) is 10.6. The zero-order chi connectivity index (χ0) is 15.5. The average Bonchev–Trinajstić information content (AvgIpc) is 2.54. The number of carbonyl (C=O) groups is 2. The molecule has 0 heterocycles. The highest BCUT2D eigenvalue weighted by molar-refractivity contribution is 6.13. The van der Waals surface area contributed by atoms with Gasteiger partial charge in [0, 0.05) is 11.3 Å². The third-order valence-corrected chi connectivity index (χ3v) is 3.40. The number of benzene rings is 3. The second-order valence-corrected chi connectivity index (χ2v) is 4.87. The Kier molecular flexibility index (Phi) is 3.58. The number of carbonyl (C=O) groups excluding carboxylic acids is 1. The van der Waals surface area contributed by atoms with Gasteiger partial charge in [-0.2, -0.15) is 0 Å². The van der Waals surface area contributed by atoms with Crippen LogP contribution in [0.3, 0.4) is 0 Å². The summed E-state index contributed by atoms with van der Waals surface area (Å²) in [7, 11) is 0. The van der Waals surface area contributed by atoms with E-state index in [9.17, 15) is 9.59 Å². The van der Waals surface area contributed by atoms with Crippen LogP contribution in [0.15, 0.2) is 66.7 Å². The molecule has 0 aliphatic rings. The normalized spacial score (nSPS) is 10.4. The van der Waals surface area contributed by atoms with Crippen LogP contribution in [0.4, 0.5) is 5.69 Å². The van der Waals surface area contributed by atoms with E-state index in [1.54, 1.807) is 30.3 Å². The Morgan fingerprint density at radius 2 is 1.64 bits per heavy atom. The molecule has 4 nitrogen and oxygen atoms in total. The van der Waals surface area contributed by atoms with Crippen LogP contribution in [0.25, 0.3) is 10.8 Å². The highest BCUT2D eigenvalue weighted by Crippen LogP contribution is 2.21. The molecule has 108 valence electrons. The van der Waals surface area contributed by atoms with Gasteiger partial charge in [-0.05, 0) is 41.1 Å². The Labute approximate surface area is 127 Å². The van der Waals surface area contributed by atoms with E-state index in [2.05, 4.69) is 5.32 Å². The number of amides is 1. The number of carboxylic acids is 1. The van der Waals surface area contributed by atoms with Gasteiger partial charge in [-0.1, -0.05) is 36.4 Å². The number of nitrogens with one attached hydrogen (secondary N) is 1. The summed E-state index contributed by atoms with van der Waals surface area (Å²) < 4.78 is 0. The van der Waals surface area contributed by atoms with Gasteiger partial charge in [0.15, 0.2) is 0 Å². The third kappa shape index (κ3) is 2.67. The Morgan fingerprint density at radius 3 is 2.36 bits per heavy atom. The smallest absolute Gasteiger partial charge is 0.335 e. The topological polar surface area (TPSA) is 66.4 Å². The van der Waals surface area contributed by atoms with Crippen molar-refractivity contribution in [2.45, 2.75) is 0 Å². The minimum absolute atomic E-state index is 0.202. The van der Waals surface area contributed by atoms with Crippen molar-refractivity contribution in [3.05, 3.63) is 77.9 Å². The van der Waals surface area contributed by atoms with Crippen molar-refractivity contribution in [3.8, 4) is 0 Å². The molecule has 0 aromatic heterocycles. The Morgan fingerprint density at radius 1 is 0.864 bits per heavy atom. The number of hydrogen-bond donors (Lipinski definition) is 2. The first-order valence-electron chi connectivity index (χ1n) is 6.77. The quantitative estimate of drug-likeness (QED) is 0.771. The SMILES string of the molecule is O=C(O)c1ccc2c(C(=O)Nc3ccccc3)cccc2c1. The highest BCUT2D eigenvalue weighted by Gasteiger charge is 2.11. The van der Waals surface area contributed by atoms with Gasteiger partial charge in [0.25, 0.3) is 5.91 Å². The van der Waals surface area contributed by atoms with Crippen molar-refractivity contribution in [3.63, 3.8) is 0 Å². The van der Waals surface area contributed by atoms with Crippen molar-refractivity contribution in [1.82, 2.24) is 0 Å². The largest absolute Gasteiger partial charge is 0.478 e. The van der Waals surface area contributed by atoms with Gasteiger partial charge >= 0.3 is 5.97 Å². The maximum absolute atomic E-state index is 12.4. The van der Waals surface area contributed by atoms with E-state index in [-0.39, 0.29) is 11.5 Å². The summed E-state index contributed by atoms with van der Waals surface area (Å²) in [6.45, 7) is 0. The van der Waals surface area contributed by atoms with Gasteiger partial charge < -0.3 is 10.4 Å². The summed E-state index contributed by atoms with van der Waals surface area (Å²) in [6, 6.07) is 19.2. The second-order valence-electron chi connectivity index (χ2n) is 4.87. The lowest BCUT2D eigenvalue weighted by atomic mass is 10.0. The number of para-hydroxylation sites is 1. The molecule has 4 heteroatoms. The molecule has 0 fully saturated rings. The molecule has 3 aromatic rings. The molecule has 0 aliphatic carbocycles. The van der Waals surface area contributed by atoms with Crippen LogP contribution in [0, 0.1) is 0 Å². The van der Waals surface area contributed by atoms with Crippen LogP contribution in [-0.4, -0.2) is 17.0 Å². The predicted octanol–water partition coefficient (Wildman–Crippen LogP) is 3.79. The maximum atomic E-state index is 12.4. The Bertz CT molecular complexity index is 857. The average molecular weight is 291 g/mol. The van der Waals surface area contributed by atoms with E-state index in [0.29, 0.717) is 11.3 Å². The fraction of sp³-hybridized carbons (Fsp3) is 0. The van der Waals surface area contributed by atoms with Crippen molar-refractivity contribution in [2.75, 3.05) is 5.32 Å². The molecule has 0 spiro atoms. The van der Waals surface area contributed by atoms with Gasteiger partial charge in [-0.3, -0.25) is 4.79 Å². The van der Waals surface area contributed by atoms with Gasteiger partial charge in [0.05, 0.1) is 5.56 Å². The molecular weight excluding hydrogens is 278 g/mol. The third-order valence-electron chi connectivity index (χ3n) is 3.40. The lowest BCUT2D eigenvalue weighted by molar-refractivity contribution is 0.0697. The zero-order valence-electron chi connectivity index (χ0n) is 11.6. The molecule has 3 rings (SSSR count). The molecule has 0 atom stereocenters. The van der Waals surface area contributed by atoms with Crippen LogP contribution in [0.5, 0.6) is 0 Å². The number of rotatable bonds is 3. The number of carboxylic acid groups (broad SMARTS) is 1. The number of hydrogen-bond acceptors (Lipinski definition) is 2. The van der Waals surface area contributed by atoms with E-state index in [4.69, 9.17) is 5.11 Å². The minimum atomic E-state index is -0.985. The molecule has 0 aliphatic heterocycles. The van der Waals surface area contributed by atoms with E-state index >= 15 is 0 Å². The number of anilines is 1. The number of fused-ring (bicyclic) bond motifs is 1. The molecule has 2 N–H and O–H groups in total. The van der Waals surface area contributed by atoms with Crippen LogP contribution in [0.1, 0.15) is 20.7 Å².